The summed E-state index contributed by atoms with van der Waals surface area (Å²) in [6, 6.07) is 17.9. The lowest BCUT2D eigenvalue weighted by Crippen LogP contribution is -2.25. The number of carboxylic acid groups (broad SMARTS) is 1. The fraction of sp³-hybridized carbons (Fsp3) is 0.222. The quantitative estimate of drug-likeness (QED) is 0.299. The maximum Gasteiger partial charge on any atom is 0.307 e. The highest BCUT2D eigenvalue weighted by atomic mass is 32.1. The van der Waals surface area contributed by atoms with Crippen LogP contribution < -0.4 is 5.32 Å². The van der Waals surface area contributed by atoms with Crippen LogP contribution in [0.4, 0.5) is 15.2 Å². The van der Waals surface area contributed by atoms with Crippen LogP contribution in [0.5, 0.6) is 0 Å². The molecule has 0 aliphatic heterocycles. The van der Waals surface area contributed by atoms with Crippen molar-refractivity contribution in [2.75, 3.05) is 5.32 Å². The number of thiazole rings is 1. The van der Waals surface area contributed by atoms with E-state index in [0.717, 1.165) is 27.8 Å². The van der Waals surface area contributed by atoms with E-state index >= 15 is 0 Å². The first-order valence-corrected chi connectivity index (χ1v) is 12.0. The fourth-order valence-corrected chi connectivity index (χ4v) is 5.58. The van der Waals surface area contributed by atoms with Gasteiger partial charge in [-0.05, 0) is 60.7 Å². The molecule has 2 N–H and O–H groups in total. The van der Waals surface area contributed by atoms with Crippen LogP contribution in [0.3, 0.4) is 0 Å². The molecule has 2 atom stereocenters. The van der Waals surface area contributed by atoms with Crippen molar-refractivity contribution in [3.63, 3.8) is 0 Å². The number of nitrogens with zero attached hydrogens (tertiary/aromatic N) is 1. The van der Waals surface area contributed by atoms with E-state index in [0.29, 0.717) is 34.8 Å². The molecule has 1 saturated carbocycles. The second-order valence-corrected chi connectivity index (χ2v) is 9.76. The Labute approximate surface area is 200 Å². The van der Waals surface area contributed by atoms with Crippen LogP contribution in [-0.2, 0) is 4.79 Å². The lowest BCUT2D eigenvalue weighted by atomic mass is 9.88. The molecular formula is C27H23FN2O3S. The average Bonchev–Trinajstić information content (AvgIpc) is 3.47. The number of ketones is 1. The third-order valence-electron chi connectivity index (χ3n) is 6.43. The minimum atomic E-state index is -0.905. The second-order valence-electron chi connectivity index (χ2n) is 8.73. The Kier molecular flexibility index (Phi) is 5.87. The van der Waals surface area contributed by atoms with Crippen LogP contribution in [-0.4, -0.2) is 21.8 Å². The van der Waals surface area contributed by atoms with Gasteiger partial charge in [0, 0.05) is 11.5 Å². The summed E-state index contributed by atoms with van der Waals surface area (Å²) < 4.78 is 15.9. The Balaban J connectivity index is 1.32. The van der Waals surface area contributed by atoms with Gasteiger partial charge >= 0.3 is 5.97 Å². The van der Waals surface area contributed by atoms with Crippen molar-refractivity contribution >= 4 is 44.1 Å². The molecule has 172 valence electrons. The Morgan fingerprint density at radius 2 is 1.74 bits per heavy atom. The van der Waals surface area contributed by atoms with Gasteiger partial charge in [-0.3, -0.25) is 9.59 Å². The van der Waals surface area contributed by atoms with Gasteiger partial charge in [-0.1, -0.05) is 54.2 Å². The van der Waals surface area contributed by atoms with Gasteiger partial charge in [-0.2, -0.15) is 0 Å². The van der Waals surface area contributed by atoms with Crippen molar-refractivity contribution in [3.8, 4) is 11.1 Å². The Bertz CT molecular complexity index is 1400. The second kappa shape index (κ2) is 8.99. The van der Waals surface area contributed by atoms with Crippen LogP contribution in [0.15, 0.2) is 60.7 Å². The van der Waals surface area contributed by atoms with E-state index in [-0.39, 0.29) is 5.78 Å². The molecule has 5 rings (SSSR count). The van der Waals surface area contributed by atoms with Crippen molar-refractivity contribution in [2.24, 2.45) is 11.8 Å². The average molecular weight is 475 g/mol. The third kappa shape index (κ3) is 4.31. The molecule has 1 aliphatic carbocycles. The number of aryl methyl sites for hydroxylation is 1. The first-order chi connectivity index (χ1) is 16.4. The molecule has 1 fully saturated rings. The predicted molar refractivity (Wildman–Crippen MR) is 132 cm³/mol. The van der Waals surface area contributed by atoms with Crippen LogP contribution in [0.1, 0.15) is 35.2 Å². The maximum absolute atomic E-state index is 14.9. The molecule has 0 amide bonds. The van der Waals surface area contributed by atoms with E-state index in [4.69, 9.17) is 0 Å². The monoisotopic (exact) mass is 474 g/mol. The summed E-state index contributed by atoms with van der Waals surface area (Å²) in [6.45, 7) is 2.02. The number of anilines is 2. The lowest BCUT2D eigenvalue weighted by Gasteiger charge is -2.15. The number of hydrogen-bond donors (Lipinski definition) is 2. The largest absolute Gasteiger partial charge is 0.481 e. The van der Waals surface area contributed by atoms with Gasteiger partial charge in [0.25, 0.3) is 0 Å². The lowest BCUT2D eigenvalue weighted by molar-refractivity contribution is -0.142. The molecule has 34 heavy (non-hydrogen) atoms. The van der Waals surface area contributed by atoms with Gasteiger partial charge in [0.1, 0.15) is 5.82 Å². The number of hydrogen-bond acceptors (Lipinski definition) is 5. The number of nitrogens with one attached hydrogen (secondary N) is 1. The van der Waals surface area contributed by atoms with E-state index in [1.54, 1.807) is 30.3 Å². The van der Waals surface area contributed by atoms with Gasteiger partial charge in [0.05, 0.1) is 21.8 Å². The van der Waals surface area contributed by atoms with E-state index < -0.39 is 23.6 Å². The predicted octanol–water partition coefficient (Wildman–Crippen LogP) is 6.84. The minimum Gasteiger partial charge on any atom is -0.481 e. The van der Waals surface area contributed by atoms with Gasteiger partial charge in [-0.25, -0.2) is 9.37 Å². The van der Waals surface area contributed by atoms with E-state index in [1.165, 1.54) is 17.4 Å². The van der Waals surface area contributed by atoms with Crippen molar-refractivity contribution in [3.05, 3.63) is 77.6 Å². The summed E-state index contributed by atoms with van der Waals surface area (Å²) in [5.41, 5.74) is 4.32. The molecular weight excluding hydrogens is 451 g/mol. The zero-order valence-corrected chi connectivity index (χ0v) is 19.4. The summed E-state index contributed by atoms with van der Waals surface area (Å²) in [6.07, 6.45) is 1.90. The first-order valence-electron chi connectivity index (χ1n) is 11.2. The summed E-state index contributed by atoms with van der Waals surface area (Å²) in [5.74, 6) is -2.52. The van der Waals surface area contributed by atoms with Crippen LogP contribution in [0, 0.1) is 24.6 Å². The number of carbonyl (C=O) groups is 2. The summed E-state index contributed by atoms with van der Waals surface area (Å²) in [5, 5.41) is 13.1. The Morgan fingerprint density at radius 3 is 2.47 bits per heavy atom. The molecule has 1 unspecified atom stereocenters. The smallest absolute Gasteiger partial charge is 0.307 e. The first kappa shape index (κ1) is 22.2. The minimum absolute atomic E-state index is 0.131. The fourth-order valence-electron chi connectivity index (χ4n) is 4.61. The molecule has 0 bridgehead atoms. The molecule has 3 aromatic carbocycles. The molecule has 0 radical (unpaired) electrons. The number of Topliss-reactive ketones (excluding diaryl/α,β-unsaturated/α-hetero) is 1. The number of halogens is 1. The summed E-state index contributed by atoms with van der Waals surface area (Å²) >= 11 is 1.47. The Morgan fingerprint density at radius 1 is 1.00 bits per heavy atom. The van der Waals surface area contributed by atoms with Crippen molar-refractivity contribution in [2.45, 2.75) is 26.2 Å². The Hall–Kier alpha value is -3.58. The molecule has 0 spiro atoms. The van der Waals surface area contributed by atoms with Gasteiger partial charge in [0.15, 0.2) is 10.9 Å². The molecule has 1 heterocycles. The number of aliphatic carboxylic acids is 1. The third-order valence-corrected chi connectivity index (χ3v) is 7.36. The van der Waals surface area contributed by atoms with Crippen molar-refractivity contribution < 1.29 is 19.1 Å². The number of fused-ring (bicyclic) bond motifs is 1. The summed E-state index contributed by atoms with van der Waals surface area (Å²) in [7, 11) is 0. The van der Waals surface area contributed by atoms with E-state index in [1.807, 2.05) is 25.1 Å². The molecule has 0 saturated heterocycles. The topological polar surface area (TPSA) is 79.3 Å². The molecule has 1 aromatic heterocycles. The van der Waals surface area contributed by atoms with E-state index in [9.17, 15) is 19.1 Å². The van der Waals surface area contributed by atoms with E-state index in [2.05, 4.69) is 16.4 Å². The van der Waals surface area contributed by atoms with Crippen molar-refractivity contribution in [1.82, 2.24) is 4.98 Å². The maximum atomic E-state index is 14.9. The number of carbonyl (C=O) groups excluding carboxylic acids is 1. The van der Waals surface area contributed by atoms with Gasteiger partial charge in [0.2, 0.25) is 0 Å². The highest BCUT2D eigenvalue weighted by molar-refractivity contribution is 7.22. The molecule has 7 heteroatoms. The number of benzene rings is 3. The number of rotatable bonds is 6. The number of aromatic nitrogens is 1. The number of carboxylic acids is 1. The zero-order valence-electron chi connectivity index (χ0n) is 18.5. The highest BCUT2D eigenvalue weighted by Gasteiger charge is 2.37. The van der Waals surface area contributed by atoms with Crippen LogP contribution in [0.25, 0.3) is 21.3 Å². The molecule has 1 aliphatic rings. The van der Waals surface area contributed by atoms with Gasteiger partial charge < -0.3 is 10.4 Å². The van der Waals surface area contributed by atoms with Crippen LogP contribution >= 0.6 is 11.3 Å². The zero-order chi connectivity index (χ0) is 23.8. The normalized spacial score (nSPS) is 17.7. The molecule has 4 aromatic rings. The van der Waals surface area contributed by atoms with Crippen LogP contribution in [0.2, 0.25) is 0 Å². The van der Waals surface area contributed by atoms with Crippen molar-refractivity contribution in [1.29, 1.82) is 0 Å². The molecule has 5 nitrogen and oxygen atoms in total. The highest BCUT2D eigenvalue weighted by Crippen LogP contribution is 2.35. The SMILES string of the molecule is Cc1ccc2nc(Nc3ccc(-c4ccc(C(=O)C5CCC[C@H]5C(=O)O)cc4)cc3F)sc2c1. The standard InChI is InChI=1S/C27H23FN2O3S/c1-15-5-11-23-24(13-15)34-27(30-23)29-22-12-10-18(14-21(22)28)16-6-8-17(9-7-16)25(31)19-3-2-4-20(19)26(32)33/h5-14,19-20H,2-4H2,1H3,(H,29,30)(H,32,33)/t19?,20-/m1/s1. The summed E-state index contributed by atoms with van der Waals surface area (Å²) in [4.78, 5) is 28.8. The van der Waals surface area contributed by atoms with Gasteiger partial charge in [-0.15, -0.1) is 0 Å².